The summed E-state index contributed by atoms with van der Waals surface area (Å²) in [6.45, 7) is 0. The molecule has 0 aliphatic heterocycles. The van der Waals surface area contributed by atoms with Crippen molar-refractivity contribution in [1.29, 1.82) is 0 Å². The first-order valence-electron chi connectivity index (χ1n) is 16.9. The van der Waals surface area contributed by atoms with Crippen LogP contribution < -0.4 is 0 Å². The van der Waals surface area contributed by atoms with Gasteiger partial charge in [0.1, 0.15) is 0 Å². The van der Waals surface area contributed by atoms with E-state index in [0.29, 0.717) is 0 Å². The maximum absolute atomic E-state index is 2.39. The molecule has 10 aromatic rings. The van der Waals surface area contributed by atoms with Crippen molar-refractivity contribution < 1.29 is 0 Å². The van der Waals surface area contributed by atoms with Crippen LogP contribution in [0.15, 0.2) is 188 Å². The monoisotopic (exact) mass is 621 g/mol. The predicted molar refractivity (Wildman–Crippen MR) is 210 cm³/mol. The summed E-state index contributed by atoms with van der Waals surface area (Å²) in [7, 11) is 0. The third kappa shape index (κ3) is 4.33. The Kier molecular flexibility index (Phi) is 6.25. The van der Waals surface area contributed by atoms with E-state index in [1.54, 1.807) is 0 Å². The molecular weight excluding hydrogens is 591 g/mol. The number of aromatic nitrogens is 1. The molecule has 0 amide bonds. The highest BCUT2D eigenvalue weighted by atomic mass is 15.0. The van der Waals surface area contributed by atoms with Gasteiger partial charge < -0.3 is 4.57 Å². The second-order valence-corrected chi connectivity index (χ2v) is 12.9. The Hall–Kier alpha value is -6.44. The summed E-state index contributed by atoms with van der Waals surface area (Å²) in [5.74, 6) is 0. The van der Waals surface area contributed by atoms with Crippen LogP contribution in [0.5, 0.6) is 0 Å². The smallest absolute Gasteiger partial charge is 0.0547 e. The van der Waals surface area contributed by atoms with Gasteiger partial charge in [-0.1, -0.05) is 152 Å². The summed E-state index contributed by atoms with van der Waals surface area (Å²) in [4.78, 5) is 0. The van der Waals surface area contributed by atoms with Crippen LogP contribution in [-0.2, 0) is 0 Å². The molecule has 10 rings (SSSR count). The first-order chi connectivity index (χ1) is 24.3. The molecule has 0 radical (unpaired) electrons. The maximum Gasteiger partial charge on any atom is 0.0547 e. The topological polar surface area (TPSA) is 4.93 Å². The lowest BCUT2D eigenvalue weighted by Gasteiger charge is -2.18. The minimum absolute atomic E-state index is 1.17. The van der Waals surface area contributed by atoms with Gasteiger partial charge in [0.2, 0.25) is 0 Å². The molecule has 1 nitrogen and oxygen atoms in total. The first-order valence-corrected chi connectivity index (χ1v) is 16.9. The number of hydrogen-bond donors (Lipinski definition) is 0. The first kappa shape index (κ1) is 27.7. The van der Waals surface area contributed by atoms with Crippen molar-refractivity contribution >= 4 is 54.1 Å². The van der Waals surface area contributed by atoms with Crippen molar-refractivity contribution in [2.75, 3.05) is 0 Å². The second-order valence-electron chi connectivity index (χ2n) is 12.9. The standard InChI is InChI=1S/C48H31N/c1-3-14-33(15-4-1)46-39-18-7-9-20-41(39)47(42-21-10-8-19-40(42)46)35-29-27-32-26-28-34(30-36(32)31-35)38-23-13-25-45-48(38)43-22-11-12-24-44(43)49(45)37-16-5-2-6-17-37/h1-31H. The predicted octanol–water partition coefficient (Wildman–Crippen LogP) is 13.2. The van der Waals surface area contributed by atoms with Gasteiger partial charge in [0.25, 0.3) is 0 Å². The van der Waals surface area contributed by atoms with E-state index in [2.05, 4.69) is 193 Å². The Morgan fingerprint density at radius 3 is 1.49 bits per heavy atom. The van der Waals surface area contributed by atoms with Crippen molar-refractivity contribution in [1.82, 2.24) is 4.57 Å². The molecule has 0 atom stereocenters. The van der Waals surface area contributed by atoms with Crippen LogP contribution in [0.1, 0.15) is 0 Å². The van der Waals surface area contributed by atoms with Crippen LogP contribution in [0.25, 0.3) is 93.2 Å². The quantitative estimate of drug-likeness (QED) is 0.172. The summed E-state index contributed by atoms with van der Waals surface area (Å²) in [5, 5.41) is 10.1. The van der Waals surface area contributed by atoms with Crippen molar-refractivity contribution in [3.05, 3.63) is 188 Å². The van der Waals surface area contributed by atoms with Gasteiger partial charge in [-0.3, -0.25) is 0 Å². The highest BCUT2D eigenvalue weighted by molar-refractivity contribution is 6.22. The molecular formula is C48H31N. The fraction of sp³-hybridized carbons (Fsp3) is 0. The van der Waals surface area contributed by atoms with E-state index in [1.807, 2.05) is 0 Å². The lowest BCUT2D eigenvalue weighted by molar-refractivity contribution is 1.18. The molecule has 0 fully saturated rings. The molecule has 0 saturated carbocycles. The zero-order chi connectivity index (χ0) is 32.3. The number of para-hydroxylation sites is 2. The normalized spacial score (nSPS) is 11.7. The van der Waals surface area contributed by atoms with Gasteiger partial charge in [0, 0.05) is 16.5 Å². The average Bonchev–Trinajstić information content (AvgIpc) is 3.52. The zero-order valence-electron chi connectivity index (χ0n) is 26.8. The van der Waals surface area contributed by atoms with Gasteiger partial charge in [0.05, 0.1) is 11.0 Å². The van der Waals surface area contributed by atoms with Crippen LogP contribution in [0.2, 0.25) is 0 Å². The fourth-order valence-electron chi connectivity index (χ4n) is 8.04. The Balaban J connectivity index is 1.20. The van der Waals surface area contributed by atoms with E-state index in [4.69, 9.17) is 0 Å². The molecule has 0 unspecified atom stereocenters. The molecule has 0 aliphatic rings. The van der Waals surface area contributed by atoms with Gasteiger partial charge in [-0.15, -0.1) is 0 Å². The Labute approximate surface area is 284 Å². The third-order valence-corrected chi connectivity index (χ3v) is 10.1. The Bertz CT molecular complexity index is 2800. The second kappa shape index (κ2) is 11.1. The number of benzene rings is 9. The highest BCUT2D eigenvalue weighted by Crippen LogP contribution is 2.45. The van der Waals surface area contributed by atoms with E-state index < -0.39 is 0 Å². The van der Waals surface area contributed by atoms with E-state index in [9.17, 15) is 0 Å². The van der Waals surface area contributed by atoms with Crippen molar-refractivity contribution in [3.63, 3.8) is 0 Å². The summed E-state index contributed by atoms with van der Waals surface area (Å²) in [6.07, 6.45) is 0. The molecule has 0 aliphatic carbocycles. The highest BCUT2D eigenvalue weighted by Gasteiger charge is 2.18. The van der Waals surface area contributed by atoms with Gasteiger partial charge in [0.15, 0.2) is 0 Å². The molecule has 0 spiro atoms. The molecule has 1 aromatic heterocycles. The summed E-state index contributed by atoms with van der Waals surface area (Å²) < 4.78 is 2.39. The summed E-state index contributed by atoms with van der Waals surface area (Å²) >= 11 is 0. The van der Waals surface area contributed by atoms with Gasteiger partial charge in [-0.2, -0.15) is 0 Å². The van der Waals surface area contributed by atoms with Gasteiger partial charge in [-0.05, 0) is 102 Å². The Morgan fingerprint density at radius 1 is 0.306 bits per heavy atom. The molecule has 1 heterocycles. The number of nitrogens with zero attached hydrogens (tertiary/aromatic N) is 1. The fourth-order valence-corrected chi connectivity index (χ4v) is 8.04. The zero-order valence-corrected chi connectivity index (χ0v) is 26.8. The minimum Gasteiger partial charge on any atom is -0.309 e. The molecule has 49 heavy (non-hydrogen) atoms. The van der Waals surface area contributed by atoms with E-state index in [1.165, 1.54) is 93.2 Å². The third-order valence-electron chi connectivity index (χ3n) is 10.1. The minimum atomic E-state index is 1.17. The SMILES string of the molecule is c1ccc(-c2c3ccccc3c(-c3ccc4ccc(-c5cccc6c5c5ccccc5n6-c5ccccc5)cc4c3)c3ccccc23)cc1. The van der Waals surface area contributed by atoms with Crippen molar-refractivity contribution in [3.8, 4) is 39.1 Å². The number of rotatable bonds is 4. The molecule has 9 aromatic carbocycles. The van der Waals surface area contributed by atoms with Crippen molar-refractivity contribution in [2.45, 2.75) is 0 Å². The van der Waals surface area contributed by atoms with Crippen molar-refractivity contribution in [2.24, 2.45) is 0 Å². The number of hydrogen-bond acceptors (Lipinski definition) is 0. The van der Waals surface area contributed by atoms with E-state index in [0.717, 1.165) is 0 Å². The largest absolute Gasteiger partial charge is 0.309 e. The van der Waals surface area contributed by atoms with Crippen LogP contribution in [-0.4, -0.2) is 4.57 Å². The van der Waals surface area contributed by atoms with Gasteiger partial charge in [-0.25, -0.2) is 0 Å². The van der Waals surface area contributed by atoms with E-state index >= 15 is 0 Å². The molecule has 0 saturated heterocycles. The number of fused-ring (bicyclic) bond motifs is 6. The lowest BCUT2D eigenvalue weighted by Crippen LogP contribution is -1.92. The van der Waals surface area contributed by atoms with E-state index in [-0.39, 0.29) is 0 Å². The lowest BCUT2D eigenvalue weighted by atomic mass is 9.85. The van der Waals surface area contributed by atoms with Crippen LogP contribution in [0.4, 0.5) is 0 Å². The van der Waals surface area contributed by atoms with Gasteiger partial charge >= 0.3 is 0 Å². The maximum atomic E-state index is 2.39. The molecule has 0 N–H and O–H groups in total. The van der Waals surface area contributed by atoms with Crippen LogP contribution in [0.3, 0.4) is 0 Å². The Morgan fingerprint density at radius 2 is 0.816 bits per heavy atom. The summed E-state index contributed by atoms with van der Waals surface area (Å²) in [6, 6.07) is 68.7. The van der Waals surface area contributed by atoms with Crippen LogP contribution >= 0.6 is 0 Å². The molecule has 0 bridgehead atoms. The average molecular weight is 622 g/mol. The molecule has 228 valence electrons. The summed E-state index contributed by atoms with van der Waals surface area (Å²) in [5.41, 5.74) is 11.1. The molecule has 1 heteroatoms. The van der Waals surface area contributed by atoms with Crippen LogP contribution in [0, 0.1) is 0 Å².